The van der Waals surface area contributed by atoms with Gasteiger partial charge in [0.05, 0.1) is 37.1 Å². The van der Waals surface area contributed by atoms with Gasteiger partial charge < -0.3 is 14.4 Å². The molecule has 2 aliphatic rings. The first kappa shape index (κ1) is 15.7. The molecule has 24 heavy (non-hydrogen) atoms. The van der Waals surface area contributed by atoms with Gasteiger partial charge in [-0.25, -0.2) is 0 Å². The summed E-state index contributed by atoms with van der Waals surface area (Å²) in [5.74, 6) is 0.0991. The van der Waals surface area contributed by atoms with Crippen molar-refractivity contribution < 1.29 is 14.3 Å². The molecule has 1 atom stereocenters. The topological polar surface area (TPSA) is 51.7 Å². The third kappa shape index (κ3) is 3.22. The largest absolute Gasteiger partial charge is 0.372 e. The van der Waals surface area contributed by atoms with Crippen LogP contribution in [0.4, 0.5) is 0 Å². The fourth-order valence-electron chi connectivity index (χ4n) is 3.39. The smallest absolute Gasteiger partial charge is 0.254 e. The minimum atomic E-state index is -0.223. The molecule has 4 heterocycles. The van der Waals surface area contributed by atoms with Crippen LogP contribution in [0.25, 0.3) is 0 Å². The molecule has 0 saturated carbocycles. The van der Waals surface area contributed by atoms with Crippen LogP contribution in [-0.2, 0) is 16.1 Å². The van der Waals surface area contributed by atoms with Gasteiger partial charge in [-0.3, -0.25) is 9.78 Å². The lowest BCUT2D eigenvalue weighted by atomic mass is 9.84. The van der Waals surface area contributed by atoms with Crippen LogP contribution in [0, 0.1) is 0 Å². The Bertz CT molecular complexity index is 684. The van der Waals surface area contributed by atoms with Crippen LogP contribution < -0.4 is 0 Å². The number of pyridine rings is 1. The molecule has 6 heteroatoms. The Morgan fingerprint density at radius 1 is 1.42 bits per heavy atom. The van der Waals surface area contributed by atoms with Gasteiger partial charge in [-0.05, 0) is 30.0 Å². The average molecular weight is 344 g/mol. The summed E-state index contributed by atoms with van der Waals surface area (Å²) in [5, 5.41) is 3.83. The van der Waals surface area contributed by atoms with Crippen LogP contribution >= 0.6 is 11.3 Å². The van der Waals surface area contributed by atoms with Gasteiger partial charge in [0.1, 0.15) is 5.60 Å². The number of aromatic nitrogens is 1. The zero-order valence-corrected chi connectivity index (χ0v) is 14.2. The van der Waals surface area contributed by atoms with Gasteiger partial charge in [0.15, 0.2) is 0 Å². The molecule has 0 aliphatic carbocycles. The molecule has 0 aromatic carbocycles. The van der Waals surface area contributed by atoms with Gasteiger partial charge in [-0.15, -0.1) is 0 Å². The van der Waals surface area contributed by atoms with Crippen molar-refractivity contribution in [3.05, 3.63) is 52.5 Å². The Kier molecular flexibility index (Phi) is 4.35. The van der Waals surface area contributed by atoms with E-state index in [1.165, 1.54) is 0 Å². The number of thiophene rings is 1. The van der Waals surface area contributed by atoms with Crippen molar-refractivity contribution in [1.82, 2.24) is 9.88 Å². The maximum atomic E-state index is 12.3. The molecular formula is C18H20N2O3S. The van der Waals surface area contributed by atoms with E-state index in [0.717, 1.165) is 24.1 Å². The molecule has 1 spiro atoms. The van der Waals surface area contributed by atoms with Crippen molar-refractivity contribution in [2.45, 2.75) is 31.2 Å². The Balaban J connectivity index is 1.30. The summed E-state index contributed by atoms with van der Waals surface area (Å²) in [6, 6.07) is 7.72. The summed E-state index contributed by atoms with van der Waals surface area (Å²) in [4.78, 5) is 18.5. The first-order valence-corrected chi connectivity index (χ1v) is 9.15. The molecule has 126 valence electrons. The van der Waals surface area contributed by atoms with Crippen LogP contribution in [0.2, 0.25) is 0 Å². The lowest BCUT2D eigenvalue weighted by Crippen LogP contribution is -2.67. The first-order chi connectivity index (χ1) is 11.7. The molecule has 2 aromatic heterocycles. The minimum Gasteiger partial charge on any atom is -0.372 e. The predicted molar refractivity (Wildman–Crippen MR) is 91.0 cm³/mol. The number of amides is 1. The quantitative estimate of drug-likeness (QED) is 0.856. The van der Waals surface area contributed by atoms with Crippen LogP contribution in [0.3, 0.4) is 0 Å². The first-order valence-electron chi connectivity index (χ1n) is 8.21. The summed E-state index contributed by atoms with van der Waals surface area (Å²) in [5.41, 5.74) is 1.49. The lowest BCUT2D eigenvalue weighted by Gasteiger charge is -2.52. The third-order valence-corrected chi connectivity index (χ3v) is 5.34. The number of rotatable bonds is 4. The molecule has 4 rings (SSSR count). The Labute approximate surface area is 145 Å². The van der Waals surface area contributed by atoms with Gasteiger partial charge in [-0.1, -0.05) is 6.07 Å². The molecule has 0 bridgehead atoms. The normalized spacial score (nSPS) is 22.3. The van der Waals surface area contributed by atoms with Crippen molar-refractivity contribution in [2.24, 2.45) is 0 Å². The second-order valence-corrected chi connectivity index (χ2v) is 7.23. The highest BCUT2D eigenvalue weighted by molar-refractivity contribution is 7.08. The molecule has 0 unspecified atom stereocenters. The summed E-state index contributed by atoms with van der Waals surface area (Å²) >= 11 is 1.55. The standard InChI is InChI=1S/C18H20N2O3S/c21-17(14-5-8-24-11-14)20-12-18(13-20)9-16(4-7-23-18)22-10-15-3-1-2-6-19-15/h1-3,5-6,8,11,16H,4,7,9-10,12-13H2/t16-/m1/s1. The summed E-state index contributed by atoms with van der Waals surface area (Å²) < 4.78 is 12.0. The predicted octanol–water partition coefficient (Wildman–Crippen LogP) is 2.73. The van der Waals surface area contributed by atoms with Crippen molar-refractivity contribution in [1.29, 1.82) is 0 Å². The zero-order chi connectivity index (χ0) is 16.4. The highest BCUT2D eigenvalue weighted by Gasteiger charge is 2.49. The van der Waals surface area contributed by atoms with E-state index >= 15 is 0 Å². The molecular weight excluding hydrogens is 324 g/mol. The van der Waals surface area contributed by atoms with Gasteiger partial charge in [-0.2, -0.15) is 11.3 Å². The van der Waals surface area contributed by atoms with Crippen molar-refractivity contribution >= 4 is 17.2 Å². The van der Waals surface area contributed by atoms with E-state index < -0.39 is 0 Å². The fourth-order valence-corrected chi connectivity index (χ4v) is 4.02. The summed E-state index contributed by atoms with van der Waals surface area (Å²) in [6.45, 7) is 2.53. The van der Waals surface area contributed by atoms with E-state index in [2.05, 4.69) is 4.98 Å². The van der Waals surface area contributed by atoms with Crippen molar-refractivity contribution in [3.8, 4) is 0 Å². The van der Waals surface area contributed by atoms with E-state index in [9.17, 15) is 4.79 Å². The lowest BCUT2D eigenvalue weighted by molar-refractivity contribution is -0.188. The molecule has 2 fully saturated rings. The van der Waals surface area contributed by atoms with Crippen molar-refractivity contribution in [3.63, 3.8) is 0 Å². The molecule has 2 saturated heterocycles. The molecule has 0 N–H and O–H groups in total. The third-order valence-electron chi connectivity index (χ3n) is 4.65. The summed E-state index contributed by atoms with van der Waals surface area (Å²) in [7, 11) is 0. The minimum absolute atomic E-state index is 0.0991. The molecule has 2 aromatic rings. The highest BCUT2D eigenvalue weighted by atomic mass is 32.1. The number of carbonyl (C=O) groups is 1. The van der Waals surface area contributed by atoms with Crippen LogP contribution in [0.5, 0.6) is 0 Å². The van der Waals surface area contributed by atoms with Crippen LogP contribution in [0.15, 0.2) is 41.2 Å². The number of likely N-dealkylation sites (tertiary alicyclic amines) is 1. The van der Waals surface area contributed by atoms with Crippen LogP contribution in [0.1, 0.15) is 28.9 Å². The van der Waals surface area contributed by atoms with E-state index in [1.807, 2.05) is 39.9 Å². The van der Waals surface area contributed by atoms with E-state index in [1.54, 1.807) is 17.5 Å². The Hall–Kier alpha value is -1.76. The Morgan fingerprint density at radius 3 is 3.08 bits per heavy atom. The second kappa shape index (κ2) is 6.63. The maximum Gasteiger partial charge on any atom is 0.254 e. The Morgan fingerprint density at radius 2 is 2.33 bits per heavy atom. The zero-order valence-electron chi connectivity index (χ0n) is 13.4. The van der Waals surface area contributed by atoms with Crippen LogP contribution in [-0.4, -0.2) is 47.2 Å². The highest BCUT2D eigenvalue weighted by Crippen LogP contribution is 2.36. The molecule has 1 amide bonds. The number of ether oxygens (including phenoxy) is 2. The SMILES string of the molecule is O=C(c1ccsc1)N1CC2(C[C@H](OCc3ccccn3)CCO2)C1. The monoisotopic (exact) mass is 344 g/mol. The summed E-state index contributed by atoms with van der Waals surface area (Å²) in [6.07, 6.45) is 3.68. The van der Waals surface area contributed by atoms with E-state index in [4.69, 9.17) is 9.47 Å². The van der Waals surface area contributed by atoms with Crippen molar-refractivity contribution in [2.75, 3.05) is 19.7 Å². The van der Waals surface area contributed by atoms with Gasteiger partial charge in [0, 0.05) is 24.6 Å². The second-order valence-electron chi connectivity index (χ2n) is 6.45. The molecule has 0 radical (unpaired) electrons. The van der Waals surface area contributed by atoms with Gasteiger partial charge >= 0.3 is 0 Å². The molecule has 5 nitrogen and oxygen atoms in total. The number of hydrogen-bond donors (Lipinski definition) is 0. The molecule has 2 aliphatic heterocycles. The van der Waals surface area contributed by atoms with E-state index in [-0.39, 0.29) is 17.6 Å². The van der Waals surface area contributed by atoms with Gasteiger partial charge in [0.25, 0.3) is 5.91 Å². The van der Waals surface area contributed by atoms with Gasteiger partial charge in [0.2, 0.25) is 0 Å². The average Bonchev–Trinajstić information content (AvgIpc) is 3.13. The maximum absolute atomic E-state index is 12.3. The number of nitrogens with zero attached hydrogens (tertiary/aromatic N) is 2. The number of carbonyl (C=O) groups excluding carboxylic acids is 1. The number of hydrogen-bond acceptors (Lipinski definition) is 5. The fraction of sp³-hybridized carbons (Fsp3) is 0.444. The van der Waals surface area contributed by atoms with E-state index in [0.29, 0.717) is 26.3 Å².